The van der Waals surface area contributed by atoms with Gasteiger partial charge >= 0.3 is 0 Å². The Morgan fingerprint density at radius 2 is 1.90 bits per heavy atom. The molecule has 0 aliphatic carbocycles. The fraction of sp³-hybridized carbons (Fsp3) is 0.381. The van der Waals surface area contributed by atoms with E-state index in [1.807, 2.05) is 31.2 Å². The Morgan fingerprint density at radius 3 is 2.57 bits per heavy atom. The highest BCUT2D eigenvalue weighted by Crippen LogP contribution is 2.32. The number of benzene rings is 2. The van der Waals surface area contributed by atoms with E-state index >= 15 is 0 Å². The van der Waals surface area contributed by atoms with Crippen molar-refractivity contribution >= 4 is 44.8 Å². The van der Waals surface area contributed by atoms with Crippen LogP contribution in [0.2, 0.25) is 10.0 Å². The molecule has 1 N–H and O–H groups in total. The van der Waals surface area contributed by atoms with E-state index in [9.17, 15) is 13.2 Å². The number of amides is 1. The van der Waals surface area contributed by atoms with E-state index in [4.69, 9.17) is 27.9 Å². The molecule has 2 rings (SSSR count). The molecule has 0 spiro atoms. The Morgan fingerprint density at radius 1 is 1.20 bits per heavy atom. The lowest BCUT2D eigenvalue weighted by molar-refractivity contribution is -0.121. The third-order valence-corrected chi connectivity index (χ3v) is 6.21. The fourth-order valence-electron chi connectivity index (χ4n) is 3.08. The van der Waals surface area contributed by atoms with Gasteiger partial charge in [-0.2, -0.15) is 0 Å². The summed E-state index contributed by atoms with van der Waals surface area (Å²) in [6.45, 7) is 4.42. The van der Waals surface area contributed by atoms with E-state index in [1.54, 1.807) is 6.07 Å². The number of rotatable bonds is 10. The topological polar surface area (TPSA) is 75.7 Å². The first kappa shape index (κ1) is 24.3. The van der Waals surface area contributed by atoms with E-state index < -0.39 is 22.0 Å². The first-order chi connectivity index (χ1) is 14.1. The van der Waals surface area contributed by atoms with Crippen LogP contribution in [0.25, 0.3) is 0 Å². The standard InChI is InChI=1S/C21H26Cl2N2O4S/c1-4-29-20-10-6-5-8-16(20)9-7-13-24-21(26)15(2)25(30(3,27)28)19-14-17(22)11-12-18(19)23/h5-6,8,10-12,14-15H,4,7,9,13H2,1-3H3,(H,24,26)/t15-/m1/s1. The van der Waals surface area contributed by atoms with Crippen molar-refractivity contribution in [3.63, 3.8) is 0 Å². The first-order valence-corrected chi connectivity index (χ1v) is 12.2. The number of hydrogen-bond donors (Lipinski definition) is 1. The van der Waals surface area contributed by atoms with Gasteiger partial charge in [-0.05, 0) is 56.5 Å². The van der Waals surface area contributed by atoms with Gasteiger partial charge in [0.2, 0.25) is 15.9 Å². The Labute approximate surface area is 188 Å². The summed E-state index contributed by atoms with van der Waals surface area (Å²) in [5.41, 5.74) is 1.23. The van der Waals surface area contributed by atoms with Gasteiger partial charge in [-0.3, -0.25) is 9.10 Å². The zero-order valence-corrected chi connectivity index (χ0v) is 19.5. The Hall–Kier alpha value is -1.96. The number of ether oxygens (including phenoxy) is 1. The summed E-state index contributed by atoms with van der Waals surface area (Å²) < 4.78 is 31.4. The summed E-state index contributed by atoms with van der Waals surface area (Å²) in [6, 6.07) is 11.2. The molecule has 1 atom stereocenters. The van der Waals surface area contributed by atoms with E-state index in [1.165, 1.54) is 19.1 Å². The molecule has 6 nitrogen and oxygen atoms in total. The van der Waals surface area contributed by atoms with Gasteiger partial charge in [0.1, 0.15) is 11.8 Å². The largest absolute Gasteiger partial charge is 0.494 e. The molecule has 0 heterocycles. The molecule has 0 aliphatic rings. The van der Waals surface area contributed by atoms with Crippen LogP contribution in [0.15, 0.2) is 42.5 Å². The molecular formula is C21H26Cl2N2O4S. The van der Waals surface area contributed by atoms with Crippen molar-refractivity contribution in [2.24, 2.45) is 0 Å². The normalized spacial score (nSPS) is 12.3. The second-order valence-corrected chi connectivity index (χ2v) is 9.47. The number of anilines is 1. The minimum Gasteiger partial charge on any atom is -0.494 e. The van der Waals surface area contributed by atoms with Crippen molar-refractivity contribution in [2.75, 3.05) is 23.7 Å². The van der Waals surface area contributed by atoms with Gasteiger partial charge in [-0.25, -0.2) is 8.42 Å². The predicted octanol–water partition coefficient (Wildman–Crippen LogP) is 4.30. The van der Waals surface area contributed by atoms with Crippen LogP contribution in [0.3, 0.4) is 0 Å². The lowest BCUT2D eigenvalue weighted by Gasteiger charge is -2.29. The maximum absolute atomic E-state index is 12.7. The Bertz CT molecular complexity index is 983. The molecule has 2 aromatic rings. The van der Waals surface area contributed by atoms with Gasteiger partial charge in [0.25, 0.3) is 0 Å². The van der Waals surface area contributed by atoms with Gasteiger partial charge in [-0.1, -0.05) is 41.4 Å². The van der Waals surface area contributed by atoms with Crippen molar-refractivity contribution in [1.82, 2.24) is 5.32 Å². The average molecular weight is 473 g/mol. The minimum atomic E-state index is -3.77. The molecule has 0 unspecified atom stereocenters. The van der Waals surface area contributed by atoms with E-state index in [0.717, 1.165) is 28.3 Å². The minimum absolute atomic E-state index is 0.167. The van der Waals surface area contributed by atoms with E-state index in [2.05, 4.69) is 5.32 Å². The van der Waals surface area contributed by atoms with Crippen LogP contribution in [0.4, 0.5) is 5.69 Å². The first-order valence-electron chi connectivity index (χ1n) is 9.58. The summed E-state index contributed by atoms with van der Waals surface area (Å²) in [7, 11) is -3.77. The Balaban J connectivity index is 2.04. The van der Waals surface area contributed by atoms with Gasteiger partial charge < -0.3 is 10.1 Å². The molecular weight excluding hydrogens is 447 g/mol. The molecule has 0 bridgehead atoms. The second-order valence-electron chi connectivity index (χ2n) is 6.77. The smallest absolute Gasteiger partial charge is 0.243 e. The number of nitrogens with one attached hydrogen (secondary N) is 1. The number of carbonyl (C=O) groups is 1. The highest BCUT2D eigenvalue weighted by molar-refractivity contribution is 7.92. The van der Waals surface area contributed by atoms with Crippen molar-refractivity contribution in [3.8, 4) is 5.75 Å². The van der Waals surface area contributed by atoms with Crippen molar-refractivity contribution < 1.29 is 17.9 Å². The summed E-state index contributed by atoms with van der Waals surface area (Å²) in [6.07, 6.45) is 2.43. The molecule has 0 aliphatic heterocycles. The maximum Gasteiger partial charge on any atom is 0.243 e. The van der Waals surface area contributed by atoms with Crippen molar-refractivity contribution in [2.45, 2.75) is 32.7 Å². The number of halogens is 2. The van der Waals surface area contributed by atoms with Crippen LogP contribution < -0.4 is 14.4 Å². The van der Waals surface area contributed by atoms with Crippen LogP contribution in [0.5, 0.6) is 5.75 Å². The highest BCUT2D eigenvalue weighted by atomic mass is 35.5. The molecule has 2 aromatic carbocycles. The third kappa shape index (κ3) is 6.52. The molecule has 0 fully saturated rings. The molecule has 0 saturated heterocycles. The number of nitrogens with zero attached hydrogens (tertiary/aromatic N) is 1. The van der Waals surface area contributed by atoms with Gasteiger partial charge in [0, 0.05) is 11.6 Å². The zero-order valence-electron chi connectivity index (χ0n) is 17.2. The van der Waals surface area contributed by atoms with E-state index in [-0.39, 0.29) is 10.7 Å². The van der Waals surface area contributed by atoms with Gasteiger partial charge in [-0.15, -0.1) is 0 Å². The van der Waals surface area contributed by atoms with Crippen LogP contribution in [-0.2, 0) is 21.2 Å². The lowest BCUT2D eigenvalue weighted by Crippen LogP contribution is -2.48. The molecule has 0 aromatic heterocycles. The monoisotopic (exact) mass is 472 g/mol. The molecule has 30 heavy (non-hydrogen) atoms. The predicted molar refractivity (Wildman–Crippen MR) is 122 cm³/mol. The van der Waals surface area contributed by atoms with Crippen LogP contribution in [0, 0.1) is 0 Å². The molecule has 0 saturated carbocycles. The zero-order chi connectivity index (χ0) is 22.3. The number of sulfonamides is 1. The quantitative estimate of drug-likeness (QED) is 0.523. The maximum atomic E-state index is 12.7. The fourth-order valence-corrected chi connectivity index (χ4v) is 4.68. The summed E-state index contributed by atoms with van der Waals surface area (Å²) in [5, 5.41) is 3.31. The Kier molecular flexibility index (Phi) is 8.82. The third-order valence-electron chi connectivity index (χ3n) is 4.43. The molecule has 0 radical (unpaired) electrons. The summed E-state index contributed by atoms with van der Waals surface area (Å²) >= 11 is 12.2. The van der Waals surface area contributed by atoms with E-state index in [0.29, 0.717) is 24.6 Å². The van der Waals surface area contributed by atoms with Crippen molar-refractivity contribution in [1.29, 1.82) is 0 Å². The van der Waals surface area contributed by atoms with Gasteiger partial charge in [0.05, 0.1) is 23.6 Å². The van der Waals surface area contributed by atoms with Crippen LogP contribution in [-0.4, -0.2) is 39.8 Å². The number of aryl methyl sites for hydroxylation is 1. The van der Waals surface area contributed by atoms with Crippen molar-refractivity contribution in [3.05, 3.63) is 58.1 Å². The average Bonchev–Trinajstić information content (AvgIpc) is 2.68. The number of para-hydroxylation sites is 1. The molecule has 9 heteroatoms. The SMILES string of the molecule is CCOc1ccccc1CCCNC(=O)[C@@H](C)N(c1cc(Cl)ccc1Cl)S(C)(=O)=O. The van der Waals surface area contributed by atoms with Gasteiger partial charge in [0.15, 0.2) is 0 Å². The lowest BCUT2D eigenvalue weighted by atomic mass is 10.1. The molecule has 1 amide bonds. The summed E-state index contributed by atoms with van der Waals surface area (Å²) in [4.78, 5) is 12.7. The second kappa shape index (κ2) is 10.9. The van der Waals surface area contributed by atoms with Crippen LogP contribution >= 0.6 is 23.2 Å². The number of hydrogen-bond acceptors (Lipinski definition) is 4. The van der Waals surface area contributed by atoms with Crippen LogP contribution in [0.1, 0.15) is 25.8 Å². The number of carbonyl (C=O) groups excluding carboxylic acids is 1. The highest BCUT2D eigenvalue weighted by Gasteiger charge is 2.30. The summed E-state index contributed by atoms with van der Waals surface area (Å²) in [5.74, 6) is 0.410. The molecule has 164 valence electrons.